The van der Waals surface area contributed by atoms with E-state index in [-0.39, 0.29) is 0 Å². The Morgan fingerprint density at radius 2 is 1.58 bits per heavy atom. The number of hydrogen-bond acceptors (Lipinski definition) is 5. The van der Waals surface area contributed by atoms with Crippen LogP contribution in [-0.2, 0) is 0 Å². The predicted molar refractivity (Wildman–Crippen MR) is 85.6 cm³/mol. The number of aromatic nitrogens is 6. The van der Waals surface area contributed by atoms with Crippen LogP contribution in [0, 0.1) is 5.82 Å². The quantitative estimate of drug-likeness (QED) is 0.581. The molecule has 0 amide bonds. The molecule has 0 bridgehead atoms. The number of hydrogen-bond donors (Lipinski definition) is 0. The van der Waals surface area contributed by atoms with Crippen LogP contribution in [0.2, 0.25) is 0 Å². The topological polar surface area (TPSA) is 69.4 Å². The summed E-state index contributed by atoms with van der Waals surface area (Å²) in [5, 5.41) is 12.2. The average Bonchev–Trinajstić information content (AvgIpc) is 3.13. The first kappa shape index (κ1) is 14.1. The minimum Gasteiger partial charge on any atom is -0.256 e. The molecule has 0 fully saturated rings. The van der Waals surface area contributed by atoms with Gasteiger partial charge in [-0.3, -0.25) is 9.97 Å². The van der Waals surface area contributed by atoms with Crippen LogP contribution in [0.15, 0.2) is 67.0 Å². The van der Waals surface area contributed by atoms with Gasteiger partial charge in [-0.1, -0.05) is 12.1 Å². The van der Waals surface area contributed by atoms with Gasteiger partial charge < -0.3 is 0 Å². The molecule has 116 valence electrons. The Morgan fingerprint density at radius 3 is 2.25 bits per heavy atom. The molecular formula is C17H11FN6. The molecule has 4 aromatic rings. The van der Waals surface area contributed by atoms with Gasteiger partial charge in [-0.25, -0.2) is 4.39 Å². The van der Waals surface area contributed by atoms with Crippen molar-refractivity contribution >= 4 is 0 Å². The lowest BCUT2D eigenvalue weighted by Gasteiger charge is -2.04. The summed E-state index contributed by atoms with van der Waals surface area (Å²) < 4.78 is 14.4. The molecule has 0 aliphatic rings. The minimum atomic E-state index is -0.400. The van der Waals surface area contributed by atoms with E-state index in [1.807, 2.05) is 12.1 Å². The first-order valence-corrected chi connectivity index (χ1v) is 7.24. The molecule has 3 aromatic heterocycles. The molecule has 0 aliphatic carbocycles. The van der Waals surface area contributed by atoms with E-state index in [0.29, 0.717) is 28.5 Å². The van der Waals surface area contributed by atoms with Gasteiger partial charge in [0.1, 0.15) is 11.5 Å². The number of halogens is 1. The number of rotatable bonds is 3. The highest BCUT2D eigenvalue weighted by molar-refractivity contribution is 5.61. The molecule has 6 nitrogen and oxygen atoms in total. The highest BCUT2D eigenvalue weighted by atomic mass is 19.1. The van der Waals surface area contributed by atoms with E-state index in [1.54, 1.807) is 48.8 Å². The van der Waals surface area contributed by atoms with Crippen LogP contribution in [0.4, 0.5) is 4.39 Å². The smallest absolute Gasteiger partial charge is 0.223 e. The monoisotopic (exact) mass is 318 g/mol. The molecular weight excluding hydrogens is 307 g/mol. The summed E-state index contributed by atoms with van der Waals surface area (Å²) in [6, 6.07) is 15.5. The lowest BCUT2D eigenvalue weighted by Crippen LogP contribution is -2.00. The Morgan fingerprint density at radius 1 is 0.833 bits per heavy atom. The summed E-state index contributed by atoms with van der Waals surface area (Å²) in [6.45, 7) is 0. The third kappa shape index (κ3) is 2.63. The van der Waals surface area contributed by atoms with Crippen LogP contribution in [0.25, 0.3) is 28.5 Å². The summed E-state index contributed by atoms with van der Waals surface area (Å²) in [5.74, 6) is -0.0207. The van der Waals surface area contributed by atoms with E-state index >= 15 is 0 Å². The van der Waals surface area contributed by atoms with E-state index in [1.165, 1.54) is 10.9 Å². The van der Waals surface area contributed by atoms with E-state index in [2.05, 4.69) is 25.4 Å². The Labute approximate surface area is 136 Å². The fourth-order valence-electron chi connectivity index (χ4n) is 2.28. The largest absolute Gasteiger partial charge is 0.256 e. The van der Waals surface area contributed by atoms with Crippen molar-refractivity contribution in [2.45, 2.75) is 0 Å². The van der Waals surface area contributed by atoms with Crippen LogP contribution in [0.3, 0.4) is 0 Å². The van der Waals surface area contributed by atoms with Gasteiger partial charge in [-0.2, -0.15) is 0 Å². The maximum Gasteiger partial charge on any atom is 0.223 e. The molecule has 4 rings (SSSR count). The van der Waals surface area contributed by atoms with Crippen molar-refractivity contribution in [3.8, 4) is 28.5 Å². The first-order valence-electron chi connectivity index (χ1n) is 7.24. The van der Waals surface area contributed by atoms with Crippen LogP contribution in [-0.4, -0.2) is 30.2 Å². The maximum absolute atomic E-state index is 14.4. The fourth-order valence-corrected chi connectivity index (χ4v) is 2.28. The van der Waals surface area contributed by atoms with Crippen molar-refractivity contribution in [1.82, 2.24) is 30.2 Å². The maximum atomic E-state index is 14.4. The van der Waals surface area contributed by atoms with Gasteiger partial charge in [0.2, 0.25) is 5.82 Å². The Kier molecular flexibility index (Phi) is 3.51. The molecule has 0 N–H and O–H groups in total. The lowest BCUT2D eigenvalue weighted by molar-refractivity contribution is 0.624. The molecule has 24 heavy (non-hydrogen) atoms. The lowest BCUT2D eigenvalue weighted by atomic mass is 10.1. The van der Waals surface area contributed by atoms with Gasteiger partial charge in [0.25, 0.3) is 0 Å². The molecule has 3 heterocycles. The fraction of sp³-hybridized carbons (Fsp3) is 0. The SMILES string of the molecule is Fc1cc(-n2nnc(-c3ccccn3)n2)ccc1-c1ccccn1. The van der Waals surface area contributed by atoms with Crippen molar-refractivity contribution in [3.05, 3.63) is 72.8 Å². The van der Waals surface area contributed by atoms with Crippen LogP contribution >= 0.6 is 0 Å². The molecule has 0 saturated carbocycles. The number of benzene rings is 1. The zero-order valence-electron chi connectivity index (χ0n) is 12.4. The van der Waals surface area contributed by atoms with E-state index in [0.717, 1.165) is 0 Å². The van der Waals surface area contributed by atoms with Gasteiger partial charge in [-0.05, 0) is 41.6 Å². The third-order valence-corrected chi connectivity index (χ3v) is 3.43. The van der Waals surface area contributed by atoms with Crippen molar-refractivity contribution in [3.63, 3.8) is 0 Å². The highest BCUT2D eigenvalue weighted by Gasteiger charge is 2.11. The molecule has 0 aliphatic heterocycles. The predicted octanol–water partition coefficient (Wildman–Crippen LogP) is 2.93. The highest BCUT2D eigenvalue weighted by Crippen LogP contribution is 2.22. The zero-order chi connectivity index (χ0) is 16.4. The molecule has 0 spiro atoms. The Bertz CT molecular complexity index is 969. The van der Waals surface area contributed by atoms with Crippen LogP contribution in [0.5, 0.6) is 0 Å². The van der Waals surface area contributed by atoms with Gasteiger partial charge in [0.05, 0.1) is 11.4 Å². The number of pyridine rings is 2. The molecule has 1 aromatic carbocycles. The Balaban J connectivity index is 1.69. The summed E-state index contributed by atoms with van der Waals surface area (Å²) in [4.78, 5) is 9.60. The van der Waals surface area contributed by atoms with Crippen molar-refractivity contribution < 1.29 is 4.39 Å². The van der Waals surface area contributed by atoms with Crippen molar-refractivity contribution in [1.29, 1.82) is 0 Å². The normalized spacial score (nSPS) is 10.7. The summed E-state index contributed by atoms with van der Waals surface area (Å²) >= 11 is 0. The first-order chi connectivity index (χ1) is 11.8. The van der Waals surface area contributed by atoms with Gasteiger partial charge in [-0.15, -0.1) is 15.0 Å². The summed E-state index contributed by atoms with van der Waals surface area (Å²) in [6.07, 6.45) is 3.28. The second kappa shape index (κ2) is 5.96. The van der Waals surface area contributed by atoms with Crippen molar-refractivity contribution in [2.24, 2.45) is 0 Å². The summed E-state index contributed by atoms with van der Waals surface area (Å²) in [7, 11) is 0. The minimum absolute atomic E-state index is 0.379. The average molecular weight is 318 g/mol. The Hall–Kier alpha value is -3.48. The number of tetrazole rings is 1. The summed E-state index contributed by atoms with van der Waals surface area (Å²) in [5.41, 5.74) is 2.07. The standard InChI is InChI=1S/C17H11FN6/c18-14-11-12(7-8-13(14)15-5-1-3-9-19-15)24-22-17(21-23-24)16-6-2-4-10-20-16/h1-11H. The molecule has 0 unspecified atom stereocenters. The van der Waals surface area contributed by atoms with E-state index in [9.17, 15) is 4.39 Å². The van der Waals surface area contributed by atoms with Gasteiger partial charge in [0, 0.05) is 24.0 Å². The van der Waals surface area contributed by atoms with Gasteiger partial charge in [0.15, 0.2) is 0 Å². The third-order valence-electron chi connectivity index (χ3n) is 3.43. The number of nitrogens with zero attached hydrogens (tertiary/aromatic N) is 6. The molecule has 0 saturated heterocycles. The second-order valence-corrected chi connectivity index (χ2v) is 5.00. The molecule has 0 radical (unpaired) electrons. The van der Waals surface area contributed by atoms with Crippen molar-refractivity contribution in [2.75, 3.05) is 0 Å². The molecule has 0 atom stereocenters. The molecule has 7 heteroatoms. The van der Waals surface area contributed by atoms with Crippen LogP contribution < -0.4 is 0 Å². The van der Waals surface area contributed by atoms with E-state index in [4.69, 9.17) is 0 Å². The van der Waals surface area contributed by atoms with Crippen LogP contribution in [0.1, 0.15) is 0 Å². The zero-order valence-corrected chi connectivity index (χ0v) is 12.4. The van der Waals surface area contributed by atoms with Gasteiger partial charge >= 0.3 is 0 Å². The second-order valence-electron chi connectivity index (χ2n) is 5.00. The van der Waals surface area contributed by atoms with E-state index < -0.39 is 5.82 Å².